The Morgan fingerprint density at radius 3 is 2.26 bits per heavy atom. The minimum Gasteiger partial charge on any atom is -0.490 e. The molecule has 150 valence electrons. The molecule has 0 heterocycles. The number of ether oxygens (including phenoxy) is 2. The van der Waals surface area contributed by atoms with Crippen molar-refractivity contribution in [2.75, 3.05) is 6.61 Å². The summed E-state index contributed by atoms with van der Waals surface area (Å²) in [4.78, 5) is 0. The van der Waals surface area contributed by atoms with Crippen LogP contribution < -0.4 is 14.8 Å². The average Bonchev–Trinajstić information content (AvgIpc) is 2.61. The van der Waals surface area contributed by atoms with Crippen molar-refractivity contribution in [1.29, 1.82) is 0 Å². The molecule has 27 heavy (non-hydrogen) atoms. The first-order valence-electron chi connectivity index (χ1n) is 9.23. The summed E-state index contributed by atoms with van der Waals surface area (Å²) in [5, 5.41) is 3.59. The standard InChI is InChI=1S/C22H30BrNO2.ClH/c1-6-22(4,5)24-14-18-12-19(23)21(20(13-18)25-7-2)26-15-17-10-8-16(3)9-11-17;/h8-13,24H,6-7,14-15H2,1-5H3;1H. The summed E-state index contributed by atoms with van der Waals surface area (Å²) in [5.74, 6) is 1.53. The van der Waals surface area contributed by atoms with Crippen LogP contribution in [0.4, 0.5) is 0 Å². The first-order chi connectivity index (χ1) is 12.3. The molecule has 0 radical (unpaired) electrons. The Hall–Kier alpha value is -1.23. The first-order valence-corrected chi connectivity index (χ1v) is 10.0. The Kier molecular flexibility index (Phi) is 9.65. The van der Waals surface area contributed by atoms with E-state index in [1.165, 1.54) is 11.1 Å². The molecular weight excluding hydrogens is 426 g/mol. The highest BCUT2D eigenvalue weighted by atomic mass is 79.9. The summed E-state index contributed by atoms with van der Waals surface area (Å²) in [7, 11) is 0. The summed E-state index contributed by atoms with van der Waals surface area (Å²) in [6, 6.07) is 12.6. The van der Waals surface area contributed by atoms with Crippen LogP contribution >= 0.6 is 28.3 Å². The minimum atomic E-state index is 0. The summed E-state index contributed by atoms with van der Waals surface area (Å²) in [6.45, 7) is 12.6. The zero-order valence-corrected chi connectivity index (χ0v) is 19.3. The van der Waals surface area contributed by atoms with E-state index in [-0.39, 0.29) is 17.9 Å². The van der Waals surface area contributed by atoms with Gasteiger partial charge in [0.2, 0.25) is 0 Å². The van der Waals surface area contributed by atoms with Gasteiger partial charge in [0.15, 0.2) is 11.5 Å². The molecule has 0 fully saturated rings. The van der Waals surface area contributed by atoms with Crippen molar-refractivity contribution in [1.82, 2.24) is 5.32 Å². The van der Waals surface area contributed by atoms with Gasteiger partial charge in [-0.1, -0.05) is 36.8 Å². The monoisotopic (exact) mass is 455 g/mol. The van der Waals surface area contributed by atoms with Gasteiger partial charge < -0.3 is 14.8 Å². The fraction of sp³-hybridized carbons (Fsp3) is 0.455. The van der Waals surface area contributed by atoms with Crippen LogP contribution in [-0.2, 0) is 13.2 Å². The smallest absolute Gasteiger partial charge is 0.175 e. The molecule has 1 N–H and O–H groups in total. The molecule has 5 heteroatoms. The molecule has 0 aromatic heterocycles. The molecule has 0 bridgehead atoms. The lowest BCUT2D eigenvalue weighted by Gasteiger charge is -2.25. The van der Waals surface area contributed by atoms with E-state index < -0.39 is 0 Å². The van der Waals surface area contributed by atoms with Crippen LogP contribution in [-0.4, -0.2) is 12.1 Å². The summed E-state index contributed by atoms with van der Waals surface area (Å²) in [6.07, 6.45) is 1.07. The quantitative estimate of drug-likeness (QED) is 0.471. The highest BCUT2D eigenvalue weighted by Gasteiger charge is 2.16. The van der Waals surface area contributed by atoms with Gasteiger partial charge in [0.05, 0.1) is 11.1 Å². The Balaban J connectivity index is 0.00000364. The molecular formula is C22H31BrClNO2. The number of nitrogens with one attached hydrogen (secondary N) is 1. The van der Waals surface area contributed by atoms with E-state index in [4.69, 9.17) is 9.47 Å². The normalized spacial score (nSPS) is 11.0. The van der Waals surface area contributed by atoms with Crippen molar-refractivity contribution in [3.63, 3.8) is 0 Å². The van der Waals surface area contributed by atoms with E-state index in [2.05, 4.69) is 85.3 Å². The third-order valence-electron chi connectivity index (χ3n) is 4.53. The minimum absolute atomic E-state index is 0. The van der Waals surface area contributed by atoms with Crippen molar-refractivity contribution in [2.45, 2.75) is 59.7 Å². The third kappa shape index (κ3) is 7.36. The molecule has 0 amide bonds. The van der Waals surface area contributed by atoms with E-state index in [0.717, 1.165) is 34.5 Å². The second-order valence-corrected chi connectivity index (χ2v) is 8.06. The maximum atomic E-state index is 6.08. The van der Waals surface area contributed by atoms with E-state index in [9.17, 15) is 0 Å². The predicted molar refractivity (Wildman–Crippen MR) is 119 cm³/mol. The molecule has 3 nitrogen and oxygen atoms in total. The maximum Gasteiger partial charge on any atom is 0.175 e. The topological polar surface area (TPSA) is 30.5 Å². The number of rotatable bonds is 9. The highest BCUT2D eigenvalue weighted by molar-refractivity contribution is 9.10. The lowest BCUT2D eigenvalue weighted by atomic mass is 10.0. The fourth-order valence-electron chi connectivity index (χ4n) is 2.43. The van der Waals surface area contributed by atoms with Gasteiger partial charge in [0.1, 0.15) is 6.61 Å². The van der Waals surface area contributed by atoms with Crippen LogP contribution in [0.2, 0.25) is 0 Å². The highest BCUT2D eigenvalue weighted by Crippen LogP contribution is 2.37. The molecule has 0 saturated heterocycles. The van der Waals surface area contributed by atoms with Gasteiger partial charge in [-0.05, 0) is 73.3 Å². The van der Waals surface area contributed by atoms with Crippen LogP contribution in [0.1, 0.15) is 50.8 Å². The maximum absolute atomic E-state index is 6.08. The molecule has 0 aliphatic heterocycles. The van der Waals surface area contributed by atoms with Gasteiger partial charge in [0.25, 0.3) is 0 Å². The van der Waals surface area contributed by atoms with E-state index >= 15 is 0 Å². The van der Waals surface area contributed by atoms with Crippen molar-refractivity contribution in [3.05, 3.63) is 57.6 Å². The van der Waals surface area contributed by atoms with Gasteiger partial charge in [-0.25, -0.2) is 0 Å². The fourth-order valence-corrected chi connectivity index (χ4v) is 3.04. The lowest BCUT2D eigenvalue weighted by Crippen LogP contribution is -2.37. The Morgan fingerprint density at radius 1 is 1.00 bits per heavy atom. The predicted octanol–water partition coefficient (Wildman–Crippen LogP) is 6.44. The van der Waals surface area contributed by atoms with Crippen molar-refractivity contribution >= 4 is 28.3 Å². The number of hydrogen-bond donors (Lipinski definition) is 1. The molecule has 0 unspecified atom stereocenters. The summed E-state index contributed by atoms with van der Waals surface area (Å²) < 4.78 is 12.8. The molecule has 2 aromatic carbocycles. The molecule has 0 aliphatic rings. The van der Waals surface area contributed by atoms with Gasteiger partial charge >= 0.3 is 0 Å². The van der Waals surface area contributed by atoms with Crippen LogP contribution in [0.15, 0.2) is 40.9 Å². The van der Waals surface area contributed by atoms with Gasteiger partial charge in [0, 0.05) is 12.1 Å². The van der Waals surface area contributed by atoms with Gasteiger partial charge in [-0.15, -0.1) is 12.4 Å². The van der Waals surface area contributed by atoms with Crippen LogP contribution in [0.5, 0.6) is 11.5 Å². The third-order valence-corrected chi connectivity index (χ3v) is 5.12. The van der Waals surface area contributed by atoms with Crippen LogP contribution in [0.3, 0.4) is 0 Å². The van der Waals surface area contributed by atoms with E-state index in [0.29, 0.717) is 13.2 Å². The Labute approximate surface area is 178 Å². The average molecular weight is 457 g/mol. The van der Waals surface area contributed by atoms with Crippen LogP contribution in [0.25, 0.3) is 0 Å². The first kappa shape index (κ1) is 23.8. The molecule has 0 atom stereocenters. The summed E-state index contributed by atoms with van der Waals surface area (Å²) in [5.41, 5.74) is 3.67. The zero-order chi connectivity index (χ0) is 19.2. The number of halogens is 2. The lowest BCUT2D eigenvalue weighted by molar-refractivity contribution is 0.267. The molecule has 2 aromatic rings. The molecule has 0 spiro atoms. The van der Waals surface area contributed by atoms with Crippen molar-refractivity contribution in [3.8, 4) is 11.5 Å². The van der Waals surface area contributed by atoms with Crippen LogP contribution in [0, 0.1) is 6.92 Å². The summed E-state index contributed by atoms with van der Waals surface area (Å²) >= 11 is 3.66. The zero-order valence-electron chi connectivity index (χ0n) is 16.9. The Bertz CT molecular complexity index is 717. The van der Waals surface area contributed by atoms with Crippen molar-refractivity contribution in [2.24, 2.45) is 0 Å². The molecule has 0 saturated carbocycles. The Morgan fingerprint density at radius 2 is 1.67 bits per heavy atom. The second-order valence-electron chi connectivity index (χ2n) is 7.20. The number of aryl methyl sites for hydroxylation is 1. The second kappa shape index (κ2) is 10.9. The molecule has 2 rings (SSSR count). The van der Waals surface area contributed by atoms with E-state index in [1.54, 1.807) is 0 Å². The largest absolute Gasteiger partial charge is 0.490 e. The van der Waals surface area contributed by atoms with Gasteiger partial charge in [-0.3, -0.25) is 0 Å². The molecule has 0 aliphatic carbocycles. The number of hydrogen-bond acceptors (Lipinski definition) is 3. The number of benzene rings is 2. The van der Waals surface area contributed by atoms with E-state index in [1.807, 2.05) is 6.92 Å². The van der Waals surface area contributed by atoms with Gasteiger partial charge in [-0.2, -0.15) is 0 Å². The SMILES string of the molecule is CCOc1cc(CNC(C)(C)CC)cc(Br)c1OCc1ccc(C)cc1.Cl. The van der Waals surface area contributed by atoms with Crippen molar-refractivity contribution < 1.29 is 9.47 Å².